The molecule has 0 radical (unpaired) electrons. The molecule has 7 nitrogen and oxygen atoms in total. The minimum absolute atomic E-state index is 0.188. The third-order valence-corrected chi connectivity index (χ3v) is 3.82. The van der Waals surface area contributed by atoms with E-state index in [2.05, 4.69) is 20.7 Å². The topological polar surface area (TPSA) is 105 Å². The van der Waals surface area contributed by atoms with Gasteiger partial charge in [-0.2, -0.15) is 0 Å². The van der Waals surface area contributed by atoms with E-state index >= 15 is 0 Å². The Morgan fingerprint density at radius 2 is 2.20 bits per heavy atom. The molecule has 112 valence electrons. The molecular weight excluding hydrogens is 258 g/mol. The summed E-state index contributed by atoms with van der Waals surface area (Å²) in [6, 6.07) is 0. The lowest BCUT2D eigenvalue weighted by Gasteiger charge is -2.27. The van der Waals surface area contributed by atoms with Crippen LogP contribution in [0.5, 0.6) is 0 Å². The molecule has 0 spiro atoms. The normalized spacial score (nSPS) is 26.0. The molecule has 0 amide bonds. The highest BCUT2D eigenvalue weighted by Gasteiger charge is 2.39. The molecule has 1 aliphatic rings. The first-order valence-corrected chi connectivity index (χ1v) is 6.87. The van der Waals surface area contributed by atoms with Gasteiger partial charge in [0.15, 0.2) is 0 Å². The maximum atomic E-state index is 10.5. The second kappa shape index (κ2) is 5.90. The number of ether oxygens (including phenoxy) is 1. The minimum atomic E-state index is -0.866. The van der Waals surface area contributed by atoms with Gasteiger partial charge in [0.25, 0.3) is 0 Å². The fourth-order valence-electron chi connectivity index (χ4n) is 2.44. The van der Waals surface area contributed by atoms with Gasteiger partial charge in [-0.05, 0) is 12.8 Å². The summed E-state index contributed by atoms with van der Waals surface area (Å²) in [5.74, 6) is 6.98. The molecule has 0 aromatic carbocycles. The molecule has 2 rings (SSSR count). The number of hydrogen-bond acceptors (Lipinski definition) is 7. The number of anilines is 2. The Balaban J connectivity index is 2.17. The zero-order valence-corrected chi connectivity index (χ0v) is 12.2. The van der Waals surface area contributed by atoms with Gasteiger partial charge in [-0.1, -0.05) is 13.8 Å². The van der Waals surface area contributed by atoms with Gasteiger partial charge in [-0.15, -0.1) is 0 Å². The maximum absolute atomic E-state index is 10.5. The van der Waals surface area contributed by atoms with E-state index in [0.29, 0.717) is 31.2 Å². The van der Waals surface area contributed by atoms with Gasteiger partial charge in [-0.25, -0.2) is 15.8 Å². The molecule has 2 unspecified atom stereocenters. The van der Waals surface area contributed by atoms with Crippen LogP contribution in [0.2, 0.25) is 0 Å². The predicted molar refractivity (Wildman–Crippen MR) is 77.4 cm³/mol. The van der Waals surface area contributed by atoms with Gasteiger partial charge in [0, 0.05) is 25.1 Å². The van der Waals surface area contributed by atoms with E-state index in [4.69, 9.17) is 10.6 Å². The zero-order valence-electron chi connectivity index (χ0n) is 12.2. The first-order chi connectivity index (χ1) is 9.48. The largest absolute Gasteiger partial charge is 0.385 e. The maximum Gasteiger partial charge on any atom is 0.148 e. The Bertz CT molecular complexity index is 468. The molecule has 20 heavy (non-hydrogen) atoms. The molecule has 2 heterocycles. The van der Waals surface area contributed by atoms with E-state index in [1.807, 2.05) is 20.8 Å². The summed E-state index contributed by atoms with van der Waals surface area (Å²) in [7, 11) is 0. The highest BCUT2D eigenvalue weighted by atomic mass is 16.5. The first kappa shape index (κ1) is 15.0. The van der Waals surface area contributed by atoms with Crippen molar-refractivity contribution >= 4 is 11.6 Å². The monoisotopic (exact) mass is 281 g/mol. The zero-order chi connectivity index (χ0) is 14.8. The lowest BCUT2D eigenvalue weighted by molar-refractivity contribution is -0.0176. The van der Waals surface area contributed by atoms with E-state index in [9.17, 15) is 5.11 Å². The van der Waals surface area contributed by atoms with Crippen LogP contribution >= 0.6 is 0 Å². The number of aromatic nitrogens is 2. The van der Waals surface area contributed by atoms with Crippen molar-refractivity contribution < 1.29 is 9.84 Å². The summed E-state index contributed by atoms with van der Waals surface area (Å²) in [6.07, 6.45) is 1.87. The van der Waals surface area contributed by atoms with E-state index in [1.54, 1.807) is 0 Å². The minimum Gasteiger partial charge on any atom is -0.385 e. The first-order valence-electron chi connectivity index (χ1n) is 6.87. The summed E-state index contributed by atoms with van der Waals surface area (Å²) >= 11 is 0. The van der Waals surface area contributed by atoms with Crippen LogP contribution < -0.4 is 16.6 Å². The molecular formula is C13H23N5O2. The van der Waals surface area contributed by atoms with Gasteiger partial charge >= 0.3 is 0 Å². The lowest BCUT2D eigenvalue weighted by Crippen LogP contribution is -2.43. The lowest BCUT2D eigenvalue weighted by atomic mass is 9.96. The van der Waals surface area contributed by atoms with Crippen molar-refractivity contribution in [2.75, 3.05) is 23.9 Å². The molecule has 7 heteroatoms. The number of nitrogen functional groups attached to an aromatic ring is 1. The van der Waals surface area contributed by atoms with Crippen LogP contribution in [-0.2, 0) is 4.74 Å². The van der Waals surface area contributed by atoms with Crippen LogP contribution in [0.15, 0.2) is 6.33 Å². The van der Waals surface area contributed by atoms with Crippen molar-refractivity contribution in [2.45, 2.75) is 44.8 Å². The van der Waals surface area contributed by atoms with Crippen molar-refractivity contribution in [3.63, 3.8) is 0 Å². The highest BCUT2D eigenvalue weighted by Crippen LogP contribution is 2.30. The second-order valence-electron chi connectivity index (χ2n) is 5.50. The van der Waals surface area contributed by atoms with Gasteiger partial charge in [0.1, 0.15) is 23.6 Å². The summed E-state index contributed by atoms with van der Waals surface area (Å²) < 4.78 is 5.42. The Morgan fingerprint density at radius 3 is 2.75 bits per heavy atom. The van der Waals surface area contributed by atoms with Crippen LogP contribution in [0.3, 0.4) is 0 Å². The Hall–Kier alpha value is -1.44. The molecule has 0 aliphatic carbocycles. The van der Waals surface area contributed by atoms with E-state index in [-0.39, 0.29) is 12.0 Å². The molecule has 1 aromatic heterocycles. The van der Waals surface area contributed by atoms with Crippen molar-refractivity contribution in [3.05, 3.63) is 11.9 Å². The fourth-order valence-corrected chi connectivity index (χ4v) is 2.44. The predicted octanol–water partition coefficient (Wildman–Crippen LogP) is 0.837. The molecule has 1 fully saturated rings. The molecule has 1 aliphatic heterocycles. The van der Waals surface area contributed by atoms with Gasteiger partial charge in [0.05, 0.1) is 6.10 Å². The van der Waals surface area contributed by atoms with Crippen LogP contribution in [-0.4, -0.2) is 39.9 Å². The Labute approximate surface area is 118 Å². The average Bonchev–Trinajstić information content (AvgIpc) is 2.76. The molecule has 1 aromatic rings. The number of nitrogens with two attached hydrogens (primary N) is 1. The number of nitrogens with zero attached hydrogens (tertiary/aromatic N) is 2. The molecule has 0 bridgehead atoms. The highest BCUT2D eigenvalue weighted by molar-refractivity contribution is 5.58. The summed E-state index contributed by atoms with van der Waals surface area (Å²) in [6.45, 7) is 6.93. The smallest absolute Gasteiger partial charge is 0.148 e. The summed E-state index contributed by atoms with van der Waals surface area (Å²) in [5.41, 5.74) is 2.63. The Morgan fingerprint density at radius 1 is 1.50 bits per heavy atom. The number of nitrogens with one attached hydrogen (secondary N) is 2. The average molecular weight is 281 g/mol. The van der Waals surface area contributed by atoms with Crippen molar-refractivity contribution in [1.29, 1.82) is 0 Å². The van der Waals surface area contributed by atoms with Crippen molar-refractivity contribution in [2.24, 2.45) is 5.84 Å². The molecule has 1 saturated heterocycles. The molecule has 5 N–H and O–H groups in total. The number of aliphatic hydroxyl groups is 1. The molecule has 0 saturated carbocycles. The fraction of sp³-hybridized carbons (Fsp3) is 0.692. The third kappa shape index (κ3) is 2.84. The number of hydrogen-bond donors (Lipinski definition) is 4. The van der Waals surface area contributed by atoms with Crippen molar-refractivity contribution in [3.8, 4) is 0 Å². The quantitative estimate of drug-likeness (QED) is 0.468. The van der Waals surface area contributed by atoms with Crippen LogP contribution in [0.4, 0.5) is 11.6 Å². The Kier molecular flexibility index (Phi) is 4.42. The van der Waals surface area contributed by atoms with E-state index in [0.717, 1.165) is 5.56 Å². The van der Waals surface area contributed by atoms with Crippen LogP contribution in [0.1, 0.15) is 38.7 Å². The van der Waals surface area contributed by atoms with E-state index < -0.39 is 5.60 Å². The van der Waals surface area contributed by atoms with E-state index in [1.165, 1.54) is 6.33 Å². The van der Waals surface area contributed by atoms with Gasteiger partial charge in [0.2, 0.25) is 0 Å². The van der Waals surface area contributed by atoms with Gasteiger partial charge < -0.3 is 20.6 Å². The standard InChI is InChI=1S/C13H23N5O2/c1-8(2)10-11(16-7-17-12(10)18-14)15-6-13(19)4-5-20-9(13)3/h7-9,19H,4-6,14H2,1-3H3,(H2,15,16,17,18). The third-order valence-electron chi connectivity index (χ3n) is 3.82. The van der Waals surface area contributed by atoms with Crippen LogP contribution in [0, 0.1) is 0 Å². The molecule has 2 atom stereocenters. The van der Waals surface area contributed by atoms with Crippen molar-refractivity contribution in [1.82, 2.24) is 9.97 Å². The summed E-state index contributed by atoms with van der Waals surface area (Å²) in [5, 5.41) is 13.7. The second-order valence-corrected chi connectivity index (χ2v) is 5.50. The van der Waals surface area contributed by atoms with Crippen LogP contribution in [0.25, 0.3) is 0 Å². The SMILES string of the molecule is CC(C)c1c(NN)ncnc1NCC1(O)CCOC1C. The number of rotatable bonds is 5. The number of hydrazine groups is 1. The van der Waals surface area contributed by atoms with Gasteiger partial charge in [-0.3, -0.25) is 0 Å². The summed E-state index contributed by atoms with van der Waals surface area (Å²) in [4.78, 5) is 8.37.